The third-order valence-electron chi connectivity index (χ3n) is 3.98. The second kappa shape index (κ2) is 2.81. The van der Waals surface area contributed by atoms with Crippen molar-refractivity contribution in [3.8, 4) is 0 Å². The van der Waals surface area contributed by atoms with Crippen molar-refractivity contribution in [3.63, 3.8) is 0 Å². The van der Waals surface area contributed by atoms with Gasteiger partial charge in [0.2, 0.25) is 0 Å². The van der Waals surface area contributed by atoms with Gasteiger partial charge in [-0.1, -0.05) is 13.8 Å². The molecule has 2 heteroatoms. The quantitative estimate of drug-likeness (QED) is 0.658. The molecular weight excluding hydrogens is 162 g/mol. The highest BCUT2D eigenvalue weighted by molar-refractivity contribution is 5.75. The van der Waals surface area contributed by atoms with Gasteiger partial charge in [-0.15, -0.1) is 0 Å². The van der Waals surface area contributed by atoms with Gasteiger partial charge in [-0.3, -0.25) is 4.79 Å². The third kappa shape index (κ3) is 1.52. The number of carbonyl (C=O) groups excluding carboxylic acids is 1. The molecule has 2 rings (SSSR count). The van der Waals surface area contributed by atoms with Gasteiger partial charge in [0.25, 0.3) is 0 Å². The number of piperidine rings is 1. The Bertz CT molecular complexity index is 220. The number of hydrogen-bond donors (Lipinski definition) is 0. The van der Waals surface area contributed by atoms with E-state index in [0.717, 1.165) is 24.8 Å². The van der Waals surface area contributed by atoms with Crippen molar-refractivity contribution in [2.45, 2.75) is 27.2 Å². The van der Waals surface area contributed by atoms with Gasteiger partial charge in [-0.05, 0) is 24.2 Å². The van der Waals surface area contributed by atoms with Crippen LogP contribution in [0.4, 0.5) is 0 Å². The molecule has 1 saturated carbocycles. The molecule has 2 unspecified atom stereocenters. The van der Waals surface area contributed by atoms with Gasteiger partial charge in [0, 0.05) is 26.1 Å². The Hall–Kier alpha value is -0.370. The number of Topliss-reactive ketones (excluding diaryl/α,β-unsaturated/α-hetero) is 1. The standard InChI is InChI=1S/C11H19NO/c1-8(13)4-5-12-6-9-10(7-12)11(9,2)3/h9-10H,4-7H2,1-3H3. The topological polar surface area (TPSA) is 20.3 Å². The van der Waals surface area contributed by atoms with Crippen molar-refractivity contribution in [1.29, 1.82) is 0 Å². The summed E-state index contributed by atoms with van der Waals surface area (Å²) in [5, 5.41) is 0. The minimum atomic E-state index is 0.319. The molecule has 74 valence electrons. The Kier molecular flexibility index (Phi) is 1.99. The lowest BCUT2D eigenvalue weighted by Crippen LogP contribution is -2.28. The summed E-state index contributed by atoms with van der Waals surface area (Å²) in [6.07, 6.45) is 0.736. The largest absolute Gasteiger partial charge is 0.302 e. The van der Waals surface area contributed by atoms with Crippen LogP contribution in [0.3, 0.4) is 0 Å². The van der Waals surface area contributed by atoms with Crippen LogP contribution in [0.2, 0.25) is 0 Å². The average Bonchev–Trinajstić information content (AvgIpc) is 2.51. The van der Waals surface area contributed by atoms with Crippen LogP contribution in [0, 0.1) is 17.3 Å². The smallest absolute Gasteiger partial charge is 0.131 e. The monoisotopic (exact) mass is 181 g/mol. The minimum absolute atomic E-state index is 0.319. The molecule has 1 aliphatic carbocycles. The van der Waals surface area contributed by atoms with Gasteiger partial charge in [0.1, 0.15) is 5.78 Å². The van der Waals surface area contributed by atoms with E-state index in [1.807, 2.05) is 0 Å². The summed E-state index contributed by atoms with van der Waals surface area (Å²) >= 11 is 0. The van der Waals surface area contributed by atoms with Crippen LogP contribution in [0.1, 0.15) is 27.2 Å². The Morgan fingerprint density at radius 1 is 1.38 bits per heavy atom. The maximum atomic E-state index is 10.8. The molecule has 2 fully saturated rings. The minimum Gasteiger partial charge on any atom is -0.302 e. The van der Waals surface area contributed by atoms with E-state index >= 15 is 0 Å². The molecule has 0 amide bonds. The molecule has 0 spiro atoms. The molecule has 13 heavy (non-hydrogen) atoms. The van der Waals surface area contributed by atoms with E-state index in [-0.39, 0.29) is 0 Å². The van der Waals surface area contributed by atoms with Crippen LogP contribution in [0.5, 0.6) is 0 Å². The second-order valence-corrected chi connectivity index (χ2v) is 5.25. The fourth-order valence-electron chi connectivity index (χ4n) is 2.71. The molecule has 0 aromatic carbocycles. The molecule has 0 radical (unpaired) electrons. The number of hydrogen-bond acceptors (Lipinski definition) is 2. The van der Waals surface area contributed by atoms with Crippen molar-refractivity contribution in [2.75, 3.05) is 19.6 Å². The van der Waals surface area contributed by atoms with Gasteiger partial charge in [-0.2, -0.15) is 0 Å². The fraction of sp³-hybridized carbons (Fsp3) is 0.909. The normalized spacial score (nSPS) is 35.9. The number of nitrogens with zero attached hydrogens (tertiary/aromatic N) is 1. The summed E-state index contributed by atoms with van der Waals surface area (Å²) in [7, 11) is 0. The molecule has 0 N–H and O–H groups in total. The first-order valence-electron chi connectivity index (χ1n) is 5.23. The highest BCUT2D eigenvalue weighted by Crippen LogP contribution is 2.61. The molecule has 1 aliphatic heterocycles. The van der Waals surface area contributed by atoms with Gasteiger partial charge >= 0.3 is 0 Å². The van der Waals surface area contributed by atoms with Crippen LogP contribution < -0.4 is 0 Å². The number of ketones is 1. The van der Waals surface area contributed by atoms with Gasteiger partial charge < -0.3 is 4.90 Å². The summed E-state index contributed by atoms with van der Waals surface area (Å²) in [5.41, 5.74) is 0.604. The second-order valence-electron chi connectivity index (χ2n) is 5.25. The maximum Gasteiger partial charge on any atom is 0.131 e. The van der Waals surface area contributed by atoms with Crippen molar-refractivity contribution < 1.29 is 4.79 Å². The molecule has 2 nitrogen and oxygen atoms in total. The highest BCUT2D eigenvalue weighted by Gasteiger charge is 2.61. The Balaban J connectivity index is 1.75. The molecule has 2 aliphatic rings. The maximum absolute atomic E-state index is 10.8. The number of rotatable bonds is 3. The zero-order valence-electron chi connectivity index (χ0n) is 8.84. The Morgan fingerprint density at radius 3 is 2.38 bits per heavy atom. The first-order chi connectivity index (χ1) is 6.01. The van der Waals surface area contributed by atoms with Crippen LogP contribution in [0.25, 0.3) is 0 Å². The predicted octanol–water partition coefficient (Wildman–Crippen LogP) is 1.55. The molecule has 1 heterocycles. The molecule has 1 saturated heterocycles. The van der Waals surface area contributed by atoms with Crippen molar-refractivity contribution >= 4 is 5.78 Å². The van der Waals surface area contributed by atoms with Crippen molar-refractivity contribution in [3.05, 3.63) is 0 Å². The first kappa shape index (κ1) is 9.20. The van der Waals surface area contributed by atoms with E-state index < -0.39 is 0 Å². The van der Waals surface area contributed by atoms with E-state index in [1.165, 1.54) is 13.1 Å². The molecule has 0 bridgehead atoms. The predicted molar refractivity (Wildman–Crippen MR) is 52.5 cm³/mol. The Morgan fingerprint density at radius 2 is 1.92 bits per heavy atom. The van der Waals surface area contributed by atoms with E-state index in [4.69, 9.17) is 0 Å². The summed E-state index contributed by atoms with van der Waals surface area (Å²) in [6.45, 7) is 9.85. The lowest BCUT2D eigenvalue weighted by molar-refractivity contribution is -0.117. The van der Waals surface area contributed by atoms with Crippen molar-refractivity contribution in [2.24, 2.45) is 17.3 Å². The number of fused-ring (bicyclic) bond motifs is 1. The van der Waals surface area contributed by atoms with E-state index in [1.54, 1.807) is 6.92 Å². The van der Waals surface area contributed by atoms with Crippen LogP contribution in [0.15, 0.2) is 0 Å². The fourth-order valence-corrected chi connectivity index (χ4v) is 2.71. The van der Waals surface area contributed by atoms with E-state index in [2.05, 4.69) is 18.7 Å². The summed E-state index contributed by atoms with van der Waals surface area (Å²) in [5.74, 6) is 2.15. The SMILES string of the molecule is CC(=O)CCN1CC2C(C1)C2(C)C. The number of likely N-dealkylation sites (tertiary alicyclic amines) is 1. The van der Waals surface area contributed by atoms with Crippen molar-refractivity contribution in [1.82, 2.24) is 4.90 Å². The zero-order chi connectivity index (χ0) is 9.64. The Labute approximate surface area is 80.3 Å². The number of carbonyl (C=O) groups is 1. The van der Waals surface area contributed by atoms with E-state index in [0.29, 0.717) is 11.2 Å². The van der Waals surface area contributed by atoms with Crippen LogP contribution in [-0.4, -0.2) is 30.3 Å². The highest BCUT2D eigenvalue weighted by atomic mass is 16.1. The summed E-state index contributed by atoms with van der Waals surface area (Å²) in [4.78, 5) is 13.2. The lowest BCUT2D eigenvalue weighted by atomic mass is 10.1. The van der Waals surface area contributed by atoms with Gasteiger partial charge in [0.05, 0.1) is 0 Å². The lowest BCUT2D eigenvalue weighted by Gasteiger charge is -2.20. The van der Waals surface area contributed by atoms with Gasteiger partial charge in [-0.25, -0.2) is 0 Å². The first-order valence-corrected chi connectivity index (χ1v) is 5.23. The van der Waals surface area contributed by atoms with Crippen LogP contribution >= 0.6 is 0 Å². The molecule has 0 aromatic heterocycles. The summed E-state index contributed by atoms with van der Waals surface area (Å²) in [6, 6.07) is 0. The van der Waals surface area contributed by atoms with Gasteiger partial charge in [0.15, 0.2) is 0 Å². The van der Waals surface area contributed by atoms with E-state index in [9.17, 15) is 4.79 Å². The van der Waals surface area contributed by atoms with Crippen LogP contribution in [-0.2, 0) is 4.79 Å². The zero-order valence-corrected chi connectivity index (χ0v) is 8.84. The summed E-state index contributed by atoms with van der Waals surface area (Å²) < 4.78 is 0. The third-order valence-corrected chi connectivity index (χ3v) is 3.98. The molecule has 0 aromatic rings. The molecular formula is C11H19NO. The average molecular weight is 181 g/mol. The molecule has 2 atom stereocenters.